The van der Waals surface area contributed by atoms with E-state index in [2.05, 4.69) is 10.3 Å². The van der Waals surface area contributed by atoms with Crippen LogP contribution >= 0.6 is 0 Å². The third-order valence-electron chi connectivity index (χ3n) is 5.46. The lowest BCUT2D eigenvalue weighted by atomic mass is 10.0. The van der Waals surface area contributed by atoms with E-state index >= 15 is 0 Å². The molecule has 7 nitrogen and oxygen atoms in total. The molecule has 0 saturated carbocycles. The van der Waals surface area contributed by atoms with Gasteiger partial charge in [0.2, 0.25) is 11.3 Å². The summed E-state index contributed by atoms with van der Waals surface area (Å²) < 4.78 is 6.91. The van der Waals surface area contributed by atoms with E-state index in [4.69, 9.17) is 4.74 Å². The van der Waals surface area contributed by atoms with Crippen LogP contribution in [0.5, 0.6) is 5.75 Å². The molecule has 166 valence electrons. The molecule has 4 rings (SSSR count). The van der Waals surface area contributed by atoms with Crippen molar-refractivity contribution in [2.24, 2.45) is 0 Å². The molecule has 2 heterocycles. The number of aromatic nitrogens is 2. The zero-order chi connectivity index (χ0) is 23.4. The summed E-state index contributed by atoms with van der Waals surface area (Å²) >= 11 is 0. The van der Waals surface area contributed by atoms with Crippen LogP contribution in [0.3, 0.4) is 0 Å². The van der Waals surface area contributed by atoms with E-state index in [0.29, 0.717) is 22.2 Å². The molecule has 0 radical (unpaired) electrons. The highest BCUT2D eigenvalue weighted by atomic mass is 16.5. The molecule has 1 amide bonds. The van der Waals surface area contributed by atoms with Crippen LogP contribution in [0.15, 0.2) is 78.0 Å². The molecule has 0 aliphatic heterocycles. The molecule has 0 spiro atoms. The Morgan fingerprint density at radius 3 is 2.55 bits per heavy atom. The second-order valence-corrected chi connectivity index (χ2v) is 7.51. The number of para-hydroxylation sites is 1. The lowest BCUT2D eigenvalue weighted by Gasteiger charge is -2.15. The van der Waals surface area contributed by atoms with Crippen molar-refractivity contribution in [1.29, 1.82) is 0 Å². The number of ketones is 1. The van der Waals surface area contributed by atoms with Crippen molar-refractivity contribution >= 4 is 28.3 Å². The fraction of sp³-hybridized carbons (Fsp3) is 0.154. The third-order valence-corrected chi connectivity index (χ3v) is 5.46. The Balaban J connectivity index is 1.78. The number of fused-ring (bicyclic) bond motifs is 1. The summed E-state index contributed by atoms with van der Waals surface area (Å²) in [6.45, 7) is 1.93. The largest absolute Gasteiger partial charge is 0.497 e. The summed E-state index contributed by atoms with van der Waals surface area (Å²) in [5, 5.41) is 3.27. The Labute approximate surface area is 190 Å². The van der Waals surface area contributed by atoms with E-state index < -0.39 is 11.2 Å². The number of aryl methyl sites for hydroxylation is 1. The van der Waals surface area contributed by atoms with Crippen molar-refractivity contribution < 1.29 is 14.3 Å². The molecule has 2 aromatic carbocycles. The fourth-order valence-corrected chi connectivity index (χ4v) is 3.74. The summed E-state index contributed by atoms with van der Waals surface area (Å²) in [6.07, 6.45) is 5.21. The molecule has 0 aliphatic rings. The predicted molar refractivity (Wildman–Crippen MR) is 127 cm³/mol. The Kier molecular flexibility index (Phi) is 6.31. The monoisotopic (exact) mass is 441 g/mol. The normalized spacial score (nSPS) is 10.7. The van der Waals surface area contributed by atoms with Gasteiger partial charge in [0.1, 0.15) is 12.3 Å². The van der Waals surface area contributed by atoms with Crippen molar-refractivity contribution in [3.05, 3.63) is 100 Å². The topological polar surface area (TPSA) is 90.3 Å². The van der Waals surface area contributed by atoms with Gasteiger partial charge in [0, 0.05) is 41.3 Å². The number of nitrogens with one attached hydrogen (secondary N) is 1. The predicted octanol–water partition coefficient (Wildman–Crippen LogP) is 3.84. The summed E-state index contributed by atoms with van der Waals surface area (Å²) in [7, 11) is 1.53. The van der Waals surface area contributed by atoms with Gasteiger partial charge in [-0.15, -0.1) is 0 Å². The Bertz CT molecular complexity index is 1390. The molecule has 0 atom stereocenters. The SMILES string of the molecule is CCc1ccccc1NC(=O)Cn1cc(C(=O)c2ccncc2)c(=O)c2ccc(OC)cc21. The summed E-state index contributed by atoms with van der Waals surface area (Å²) in [4.78, 5) is 43.1. The summed E-state index contributed by atoms with van der Waals surface area (Å²) in [6, 6.07) is 15.7. The first-order valence-corrected chi connectivity index (χ1v) is 10.6. The van der Waals surface area contributed by atoms with E-state index in [1.54, 1.807) is 34.9 Å². The van der Waals surface area contributed by atoms with Crippen LogP contribution in [0.1, 0.15) is 28.4 Å². The second-order valence-electron chi connectivity index (χ2n) is 7.51. The molecule has 4 aromatic rings. The van der Waals surface area contributed by atoms with Crippen LogP contribution in [0.2, 0.25) is 0 Å². The number of amides is 1. The molecule has 0 bridgehead atoms. The van der Waals surface area contributed by atoms with Gasteiger partial charge < -0.3 is 14.6 Å². The van der Waals surface area contributed by atoms with Crippen molar-refractivity contribution in [2.75, 3.05) is 12.4 Å². The minimum Gasteiger partial charge on any atom is -0.497 e. The molecule has 7 heteroatoms. The minimum atomic E-state index is -0.425. The molecule has 0 unspecified atom stereocenters. The zero-order valence-electron chi connectivity index (χ0n) is 18.4. The quantitative estimate of drug-likeness (QED) is 0.440. The van der Waals surface area contributed by atoms with Gasteiger partial charge in [-0.1, -0.05) is 25.1 Å². The number of carbonyl (C=O) groups is 2. The van der Waals surface area contributed by atoms with E-state index in [9.17, 15) is 14.4 Å². The van der Waals surface area contributed by atoms with Crippen molar-refractivity contribution in [3.8, 4) is 5.75 Å². The first-order valence-electron chi connectivity index (χ1n) is 10.6. The molecule has 2 aromatic heterocycles. The molecule has 0 fully saturated rings. The average molecular weight is 441 g/mol. The van der Waals surface area contributed by atoms with Crippen LogP contribution in [-0.2, 0) is 17.8 Å². The molecular formula is C26H23N3O4. The van der Waals surface area contributed by atoms with Crippen LogP contribution in [0.4, 0.5) is 5.69 Å². The van der Waals surface area contributed by atoms with Gasteiger partial charge in [-0.05, 0) is 42.3 Å². The number of benzene rings is 2. The fourth-order valence-electron chi connectivity index (χ4n) is 3.74. The van der Waals surface area contributed by atoms with E-state index in [-0.39, 0.29) is 18.0 Å². The lowest BCUT2D eigenvalue weighted by molar-refractivity contribution is -0.116. The molecular weight excluding hydrogens is 418 g/mol. The number of hydrogen-bond donors (Lipinski definition) is 1. The molecule has 1 N–H and O–H groups in total. The zero-order valence-corrected chi connectivity index (χ0v) is 18.4. The number of hydrogen-bond acceptors (Lipinski definition) is 5. The van der Waals surface area contributed by atoms with Crippen LogP contribution in [0, 0.1) is 0 Å². The molecule has 0 aliphatic carbocycles. The highest BCUT2D eigenvalue weighted by Crippen LogP contribution is 2.21. The minimum absolute atomic E-state index is 0.0133. The standard InChI is InChI=1S/C26H23N3O4/c1-3-17-6-4-5-7-22(17)28-24(30)16-29-15-21(25(31)18-10-12-27-13-11-18)26(32)20-9-8-19(33-2)14-23(20)29/h4-15H,3,16H2,1-2H3,(H,28,30). The van der Waals surface area contributed by atoms with E-state index in [0.717, 1.165) is 17.7 Å². The Morgan fingerprint density at radius 1 is 1.06 bits per heavy atom. The summed E-state index contributed by atoms with van der Waals surface area (Å²) in [5.41, 5.74) is 2.20. The average Bonchev–Trinajstić information content (AvgIpc) is 2.85. The van der Waals surface area contributed by atoms with Gasteiger partial charge in [-0.3, -0.25) is 19.4 Å². The van der Waals surface area contributed by atoms with Crippen molar-refractivity contribution in [3.63, 3.8) is 0 Å². The number of carbonyl (C=O) groups excluding carboxylic acids is 2. The number of ether oxygens (including phenoxy) is 1. The van der Waals surface area contributed by atoms with Gasteiger partial charge in [-0.25, -0.2) is 0 Å². The van der Waals surface area contributed by atoms with E-state index in [1.165, 1.54) is 25.7 Å². The number of methoxy groups -OCH3 is 1. The maximum absolute atomic E-state index is 13.2. The number of pyridine rings is 2. The molecule has 0 saturated heterocycles. The Hall–Kier alpha value is -4.26. The maximum atomic E-state index is 13.2. The van der Waals surface area contributed by atoms with Crippen molar-refractivity contribution in [2.45, 2.75) is 19.9 Å². The van der Waals surface area contributed by atoms with Gasteiger partial charge in [0.15, 0.2) is 5.78 Å². The third kappa shape index (κ3) is 4.52. The highest BCUT2D eigenvalue weighted by molar-refractivity contribution is 6.10. The maximum Gasteiger partial charge on any atom is 0.244 e. The van der Waals surface area contributed by atoms with Gasteiger partial charge in [0.05, 0.1) is 18.2 Å². The van der Waals surface area contributed by atoms with Crippen LogP contribution in [0.25, 0.3) is 10.9 Å². The first-order chi connectivity index (χ1) is 16.0. The first kappa shape index (κ1) is 22.0. The van der Waals surface area contributed by atoms with E-state index in [1.807, 2.05) is 31.2 Å². The Morgan fingerprint density at radius 2 is 1.82 bits per heavy atom. The number of rotatable bonds is 7. The van der Waals surface area contributed by atoms with Gasteiger partial charge >= 0.3 is 0 Å². The highest BCUT2D eigenvalue weighted by Gasteiger charge is 2.19. The van der Waals surface area contributed by atoms with Crippen LogP contribution < -0.4 is 15.5 Å². The lowest BCUT2D eigenvalue weighted by Crippen LogP contribution is -2.24. The smallest absolute Gasteiger partial charge is 0.244 e. The number of nitrogens with zero attached hydrogens (tertiary/aromatic N) is 2. The van der Waals surface area contributed by atoms with Gasteiger partial charge in [-0.2, -0.15) is 0 Å². The molecule has 33 heavy (non-hydrogen) atoms. The van der Waals surface area contributed by atoms with Crippen LogP contribution in [-0.4, -0.2) is 28.4 Å². The van der Waals surface area contributed by atoms with Crippen molar-refractivity contribution in [1.82, 2.24) is 9.55 Å². The summed E-state index contributed by atoms with van der Waals surface area (Å²) in [5.74, 6) is -0.155. The number of anilines is 1. The van der Waals surface area contributed by atoms with Gasteiger partial charge in [0.25, 0.3) is 0 Å². The second kappa shape index (κ2) is 9.48.